The molecule has 0 radical (unpaired) electrons. The van der Waals surface area contributed by atoms with Crippen molar-refractivity contribution >= 4 is 5.84 Å². The normalized spacial score (nSPS) is 12.8. The van der Waals surface area contributed by atoms with E-state index >= 15 is 0 Å². The van der Waals surface area contributed by atoms with Crippen molar-refractivity contribution in [3.63, 3.8) is 0 Å². The molecule has 0 spiro atoms. The molecule has 0 unspecified atom stereocenters. The molecule has 0 fully saturated rings. The van der Waals surface area contributed by atoms with Crippen LogP contribution in [0.25, 0.3) is 0 Å². The van der Waals surface area contributed by atoms with E-state index in [1.807, 2.05) is 30.3 Å². The maximum Gasteiger partial charge on any atom is 0.0729 e. The average Bonchev–Trinajstić information content (AvgIpc) is 3.52. The van der Waals surface area contributed by atoms with Crippen molar-refractivity contribution in [2.24, 2.45) is 4.99 Å². The van der Waals surface area contributed by atoms with Gasteiger partial charge >= 0.3 is 0 Å². The minimum atomic E-state index is 0. The van der Waals surface area contributed by atoms with E-state index in [9.17, 15) is 0 Å². The van der Waals surface area contributed by atoms with E-state index in [4.69, 9.17) is 0 Å². The molecule has 0 aliphatic carbocycles. The fraction of sp³-hybridized carbons (Fsp3) is 0.593. The molecule has 0 saturated carbocycles. The first-order valence-corrected chi connectivity index (χ1v) is 12.1. The van der Waals surface area contributed by atoms with Crippen LogP contribution in [0.5, 0.6) is 0 Å². The summed E-state index contributed by atoms with van der Waals surface area (Å²) in [6.07, 6.45) is 17.0. The average molecular weight is 450 g/mol. The first-order chi connectivity index (χ1) is 14.4. The van der Waals surface area contributed by atoms with Crippen LogP contribution in [-0.4, -0.2) is 30.4 Å². The fourth-order valence-electron chi connectivity index (χ4n) is 3.96. The Bertz CT molecular complexity index is 584. The molecule has 0 N–H and O–H groups in total. The van der Waals surface area contributed by atoms with Crippen LogP contribution in [0.4, 0.5) is 0 Å². The van der Waals surface area contributed by atoms with Crippen LogP contribution >= 0.6 is 0 Å². The topological polar surface area (TPSA) is 15.6 Å². The number of hydrogen-bond donors (Lipinski definition) is 0. The molecule has 2 nitrogen and oxygen atoms in total. The zero-order valence-corrected chi connectivity index (χ0v) is 20.2. The molecule has 30 heavy (non-hydrogen) atoms. The number of nitrogens with zero attached hydrogens (tertiary/aromatic N) is 2. The van der Waals surface area contributed by atoms with Crippen LogP contribution in [-0.2, 0) is 17.1 Å². The minimum Gasteiger partial charge on any atom is -0.748 e. The molecule has 3 rings (SSSR count). The quantitative estimate of drug-likeness (QED) is 0.165. The van der Waals surface area contributed by atoms with Crippen molar-refractivity contribution in [1.29, 1.82) is 0 Å². The van der Waals surface area contributed by atoms with Crippen molar-refractivity contribution in [3.8, 4) is 0 Å². The van der Waals surface area contributed by atoms with Crippen LogP contribution in [0.2, 0.25) is 0 Å². The third-order valence-corrected chi connectivity index (χ3v) is 5.69. The Balaban J connectivity index is 0.000000655. The Morgan fingerprint density at radius 1 is 0.767 bits per heavy atom. The summed E-state index contributed by atoms with van der Waals surface area (Å²) >= 11 is 0. The first kappa shape index (κ1) is 26.7. The summed E-state index contributed by atoms with van der Waals surface area (Å²) in [6.45, 7) is 5.55. The molecule has 174 valence electrons. The second kappa shape index (κ2) is 18.5. The van der Waals surface area contributed by atoms with Gasteiger partial charge in [-0.2, -0.15) is 12.1 Å². The van der Waals surface area contributed by atoms with Crippen LogP contribution in [0.3, 0.4) is 0 Å². The van der Waals surface area contributed by atoms with Gasteiger partial charge in [0, 0.05) is 30.2 Å². The molecule has 0 aromatic heterocycles. The van der Waals surface area contributed by atoms with Gasteiger partial charge in [0.15, 0.2) is 0 Å². The van der Waals surface area contributed by atoms with Gasteiger partial charge in [0.2, 0.25) is 0 Å². The molecule has 2 aromatic rings. The van der Waals surface area contributed by atoms with Crippen molar-refractivity contribution in [2.45, 2.75) is 84.0 Å². The Kier molecular flexibility index (Phi) is 16.4. The van der Waals surface area contributed by atoms with Gasteiger partial charge in [-0.25, -0.2) is 12.1 Å². The standard InChI is InChI=1S/C22H37N2.C5H5.Fe/c1-2-3-4-5-6-7-8-9-10-11-12-15-19-24-20-18-23-22(24)21-16-13-14-17-21;1-2-4-5-3-1;/h13-14,16-17H,2-12,15,18-20H2,1H3;1-5H;/q-1;-5;. The van der Waals surface area contributed by atoms with Crippen LogP contribution in [0.1, 0.15) is 89.5 Å². The van der Waals surface area contributed by atoms with E-state index in [1.54, 1.807) is 0 Å². The van der Waals surface area contributed by atoms with Gasteiger partial charge in [-0.05, 0) is 6.42 Å². The van der Waals surface area contributed by atoms with Crippen molar-refractivity contribution < 1.29 is 17.1 Å². The minimum absolute atomic E-state index is 0. The molecule has 1 heterocycles. The maximum atomic E-state index is 4.68. The second-order valence-corrected chi connectivity index (χ2v) is 8.22. The predicted octanol–water partition coefficient (Wildman–Crippen LogP) is 7.57. The number of amidine groups is 1. The molecular weight excluding hydrogens is 408 g/mol. The molecule has 0 atom stereocenters. The first-order valence-electron chi connectivity index (χ1n) is 12.1. The summed E-state index contributed by atoms with van der Waals surface area (Å²) in [5.41, 5.74) is 1.30. The summed E-state index contributed by atoms with van der Waals surface area (Å²) in [7, 11) is 0. The zero-order chi connectivity index (χ0) is 20.4. The Labute approximate surface area is 196 Å². The van der Waals surface area contributed by atoms with Gasteiger partial charge in [0.25, 0.3) is 0 Å². The SMILES string of the molecule is CCCCCCCCCCCCCCN1CCN=C1[c-]1cccc1.[Fe].[cH-]1[cH-][cH-][cH-][cH-]1. The molecule has 0 bridgehead atoms. The molecule has 3 heteroatoms. The molecule has 1 aliphatic rings. The van der Waals surface area contributed by atoms with Gasteiger partial charge in [-0.3, -0.25) is 4.99 Å². The van der Waals surface area contributed by atoms with Gasteiger partial charge < -0.3 is 35.2 Å². The zero-order valence-electron chi connectivity index (χ0n) is 19.1. The molecular formula is C27H42FeN2-6. The predicted molar refractivity (Wildman–Crippen MR) is 128 cm³/mol. The Morgan fingerprint density at radius 3 is 1.73 bits per heavy atom. The number of hydrogen-bond acceptors (Lipinski definition) is 2. The molecule has 2 aromatic carbocycles. The van der Waals surface area contributed by atoms with Gasteiger partial charge in [0.1, 0.15) is 0 Å². The van der Waals surface area contributed by atoms with E-state index in [0.29, 0.717) is 0 Å². The van der Waals surface area contributed by atoms with Gasteiger partial charge in [-0.1, -0.05) is 83.1 Å². The van der Waals surface area contributed by atoms with E-state index in [-0.39, 0.29) is 17.1 Å². The van der Waals surface area contributed by atoms with Gasteiger partial charge in [0.05, 0.1) is 12.4 Å². The second-order valence-electron chi connectivity index (χ2n) is 8.22. The van der Waals surface area contributed by atoms with Crippen molar-refractivity contribution in [3.05, 3.63) is 60.2 Å². The van der Waals surface area contributed by atoms with E-state index in [1.165, 1.54) is 95.0 Å². The third kappa shape index (κ3) is 11.8. The van der Waals surface area contributed by atoms with Crippen molar-refractivity contribution in [1.82, 2.24) is 4.90 Å². The molecule has 0 amide bonds. The summed E-state index contributed by atoms with van der Waals surface area (Å²) < 4.78 is 0. The smallest absolute Gasteiger partial charge is 0.0729 e. The maximum absolute atomic E-state index is 4.68. The van der Waals surface area contributed by atoms with Crippen LogP contribution in [0.15, 0.2) is 59.6 Å². The third-order valence-electron chi connectivity index (χ3n) is 5.69. The summed E-state index contributed by atoms with van der Waals surface area (Å²) in [5.74, 6) is 1.23. The van der Waals surface area contributed by atoms with Gasteiger partial charge in [-0.15, -0.1) is 0 Å². The van der Waals surface area contributed by atoms with E-state index in [2.05, 4.69) is 41.1 Å². The number of unbranched alkanes of at least 4 members (excludes halogenated alkanes) is 11. The Hall–Kier alpha value is -1.31. The van der Waals surface area contributed by atoms with E-state index < -0.39 is 0 Å². The largest absolute Gasteiger partial charge is 0.748 e. The summed E-state index contributed by atoms with van der Waals surface area (Å²) in [4.78, 5) is 7.16. The molecule has 0 saturated heterocycles. The number of rotatable bonds is 14. The Morgan fingerprint density at radius 2 is 1.23 bits per heavy atom. The van der Waals surface area contributed by atoms with Crippen LogP contribution in [0, 0.1) is 0 Å². The summed E-state index contributed by atoms with van der Waals surface area (Å²) in [6, 6.07) is 18.6. The fourth-order valence-corrected chi connectivity index (χ4v) is 3.96. The monoisotopic (exact) mass is 450 g/mol. The van der Waals surface area contributed by atoms with Crippen LogP contribution < -0.4 is 0 Å². The van der Waals surface area contributed by atoms with Crippen molar-refractivity contribution in [2.75, 3.05) is 19.6 Å². The summed E-state index contributed by atoms with van der Waals surface area (Å²) in [5, 5.41) is 0. The molecule has 1 aliphatic heterocycles. The number of aliphatic imine (C=N–C) groups is 1. The van der Waals surface area contributed by atoms with E-state index in [0.717, 1.165) is 13.1 Å².